The molecule has 0 spiro atoms. The Labute approximate surface area is 101 Å². The fourth-order valence-corrected chi connectivity index (χ4v) is 4.97. The van der Waals surface area contributed by atoms with Gasteiger partial charge in [0.05, 0.1) is 13.2 Å². The van der Waals surface area contributed by atoms with Gasteiger partial charge in [-0.3, -0.25) is 0 Å². The van der Waals surface area contributed by atoms with Gasteiger partial charge in [0, 0.05) is 29.1 Å². The van der Waals surface area contributed by atoms with Crippen molar-refractivity contribution >= 4 is 8.80 Å². The molecule has 0 amide bonds. The third-order valence-electron chi connectivity index (χ3n) is 3.03. The normalized spacial score (nSPS) is 21.0. The van der Waals surface area contributed by atoms with Crippen molar-refractivity contribution in [2.75, 3.05) is 33.5 Å². The molecule has 0 aromatic carbocycles. The van der Waals surface area contributed by atoms with Gasteiger partial charge in [-0.05, 0) is 12.5 Å². The van der Waals surface area contributed by atoms with E-state index in [1.54, 1.807) is 7.11 Å². The molecule has 16 heavy (non-hydrogen) atoms. The quantitative estimate of drug-likeness (QED) is 0.318. The van der Waals surface area contributed by atoms with Crippen molar-refractivity contribution in [2.45, 2.75) is 44.0 Å². The summed E-state index contributed by atoms with van der Waals surface area (Å²) in [4.78, 5) is 0. The van der Waals surface area contributed by atoms with Crippen molar-refractivity contribution in [3.63, 3.8) is 0 Å². The van der Waals surface area contributed by atoms with Crippen LogP contribution in [0.5, 0.6) is 0 Å². The lowest BCUT2D eigenvalue weighted by atomic mass is 10.5. The molecular formula is C12H26O3Si. The molecule has 96 valence electrons. The van der Waals surface area contributed by atoms with Gasteiger partial charge in [-0.25, -0.2) is 0 Å². The number of ether oxygens (including phenoxy) is 3. The van der Waals surface area contributed by atoms with E-state index < -0.39 is 8.80 Å². The van der Waals surface area contributed by atoms with Crippen molar-refractivity contribution in [1.29, 1.82) is 0 Å². The fourth-order valence-electron chi connectivity index (χ4n) is 1.98. The Morgan fingerprint density at radius 1 is 1.25 bits per heavy atom. The second kappa shape index (κ2) is 9.16. The molecule has 0 saturated carbocycles. The summed E-state index contributed by atoms with van der Waals surface area (Å²) in [6.45, 7) is 5.86. The number of epoxide rings is 1. The minimum atomic E-state index is -0.539. The van der Waals surface area contributed by atoms with Crippen LogP contribution < -0.4 is 0 Å². The van der Waals surface area contributed by atoms with Crippen LogP contribution in [0.4, 0.5) is 0 Å². The summed E-state index contributed by atoms with van der Waals surface area (Å²) in [6, 6.07) is 4.19. The van der Waals surface area contributed by atoms with Gasteiger partial charge < -0.3 is 14.2 Å². The summed E-state index contributed by atoms with van der Waals surface area (Å²) in [5, 5.41) is 0. The van der Waals surface area contributed by atoms with Gasteiger partial charge >= 0.3 is 0 Å². The first-order valence-corrected chi connectivity index (χ1v) is 9.00. The highest BCUT2D eigenvalue weighted by Gasteiger charge is 2.22. The van der Waals surface area contributed by atoms with Crippen LogP contribution in [-0.2, 0) is 14.2 Å². The zero-order valence-corrected chi connectivity index (χ0v) is 11.9. The maximum atomic E-state index is 5.56. The molecule has 1 aliphatic rings. The molecule has 1 fully saturated rings. The van der Waals surface area contributed by atoms with E-state index in [0.717, 1.165) is 26.4 Å². The highest BCUT2D eigenvalue weighted by molar-refractivity contribution is 6.58. The van der Waals surface area contributed by atoms with Gasteiger partial charge in [0.2, 0.25) is 0 Å². The second-order valence-corrected chi connectivity index (χ2v) is 8.07. The van der Waals surface area contributed by atoms with E-state index in [4.69, 9.17) is 14.2 Å². The lowest BCUT2D eigenvalue weighted by molar-refractivity contribution is 0.117. The molecule has 0 aromatic heterocycles. The van der Waals surface area contributed by atoms with E-state index in [2.05, 4.69) is 6.92 Å². The van der Waals surface area contributed by atoms with Crippen LogP contribution in [0, 0.1) is 0 Å². The molecule has 0 aromatic rings. The maximum absolute atomic E-state index is 5.56. The number of rotatable bonds is 11. The summed E-state index contributed by atoms with van der Waals surface area (Å²) in [7, 11) is 1.26. The van der Waals surface area contributed by atoms with Crippen LogP contribution >= 0.6 is 0 Å². The molecule has 0 bridgehead atoms. The minimum Gasteiger partial charge on any atom is -0.385 e. The first-order chi connectivity index (χ1) is 7.86. The fraction of sp³-hybridized carbons (Fsp3) is 1.00. The molecule has 1 heterocycles. The van der Waals surface area contributed by atoms with Crippen LogP contribution in [0.1, 0.15) is 19.8 Å². The molecule has 2 unspecified atom stereocenters. The smallest absolute Gasteiger partial charge is 0.104 e. The predicted octanol–water partition coefficient (Wildman–Crippen LogP) is 2.08. The second-order valence-electron chi connectivity index (χ2n) is 4.61. The van der Waals surface area contributed by atoms with Crippen LogP contribution in [0.25, 0.3) is 0 Å². The van der Waals surface area contributed by atoms with Crippen molar-refractivity contribution in [1.82, 2.24) is 0 Å². The zero-order valence-electron chi connectivity index (χ0n) is 10.7. The highest BCUT2D eigenvalue weighted by atomic mass is 28.3. The molecule has 4 heteroatoms. The lowest BCUT2D eigenvalue weighted by Gasteiger charge is -2.13. The first kappa shape index (κ1) is 14.2. The van der Waals surface area contributed by atoms with Crippen LogP contribution in [0.2, 0.25) is 18.1 Å². The van der Waals surface area contributed by atoms with Crippen LogP contribution in [-0.4, -0.2) is 48.4 Å². The third kappa shape index (κ3) is 7.38. The van der Waals surface area contributed by atoms with Gasteiger partial charge in [0.15, 0.2) is 0 Å². The van der Waals surface area contributed by atoms with Crippen molar-refractivity contribution in [3.8, 4) is 0 Å². The number of hydrogen-bond donors (Lipinski definition) is 0. The van der Waals surface area contributed by atoms with E-state index in [-0.39, 0.29) is 0 Å². The molecule has 0 aliphatic carbocycles. The zero-order chi connectivity index (χ0) is 11.6. The Morgan fingerprint density at radius 3 is 2.69 bits per heavy atom. The molecule has 0 N–H and O–H groups in total. The molecule has 0 radical (unpaired) electrons. The highest BCUT2D eigenvalue weighted by Crippen LogP contribution is 2.12. The van der Waals surface area contributed by atoms with Gasteiger partial charge in [0.1, 0.15) is 6.10 Å². The van der Waals surface area contributed by atoms with Crippen molar-refractivity contribution in [3.05, 3.63) is 0 Å². The van der Waals surface area contributed by atoms with Gasteiger partial charge in [-0.15, -0.1) is 0 Å². The summed E-state index contributed by atoms with van der Waals surface area (Å²) in [5.74, 6) is 0. The molecule has 1 saturated heterocycles. The Bertz CT molecular complexity index is 162. The number of methoxy groups -OCH3 is 1. The summed E-state index contributed by atoms with van der Waals surface area (Å²) in [5.41, 5.74) is 0. The van der Waals surface area contributed by atoms with E-state index in [0.29, 0.717) is 6.10 Å². The van der Waals surface area contributed by atoms with Gasteiger partial charge in [-0.2, -0.15) is 0 Å². The standard InChI is InChI=1S/C12H26O3Si/c1-3-7-16(9-6-13-2)8-4-5-14-10-12-11-15-12/h12,16H,3-11H2,1-2H3. The van der Waals surface area contributed by atoms with Gasteiger partial charge in [-0.1, -0.05) is 25.4 Å². The summed E-state index contributed by atoms with van der Waals surface area (Å²) in [6.07, 6.45) is 2.97. The van der Waals surface area contributed by atoms with E-state index in [1.807, 2.05) is 0 Å². The van der Waals surface area contributed by atoms with E-state index >= 15 is 0 Å². The molecular weight excluding hydrogens is 220 g/mol. The monoisotopic (exact) mass is 246 g/mol. The van der Waals surface area contributed by atoms with E-state index in [9.17, 15) is 0 Å². The largest absolute Gasteiger partial charge is 0.385 e. The topological polar surface area (TPSA) is 31.0 Å². The third-order valence-corrected chi connectivity index (χ3v) is 6.71. The molecule has 3 nitrogen and oxygen atoms in total. The molecule has 2 atom stereocenters. The Kier molecular flexibility index (Phi) is 8.11. The van der Waals surface area contributed by atoms with Crippen LogP contribution in [0.15, 0.2) is 0 Å². The summed E-state index contributed by atoms with van der Waals surface area (Å²) >= 11 is 0. The average Bonchev–Trinajstić information content (AvgIpc) is 3.09. The number of hydrogen-bond acceptors (Lipinski definition) is 3. The van der Waals surface area contributed by atoms with Crippen molar-refractivity contribution < 1.29 is 14.2 Å². The average molecular weight is 246 g/mol. The Balaban J connectivity index is 1.92. The lowest BCUT2D eigenvalue weighted by Crippen LogP contribution is -2.15. The predicted molar refractivity (Wildman–Crippen MR) is 68.9 cm³/mol. The minimum absolute atomic E-state index is 0.414. The Morgan fingerprint density at radius 2 is 2.06 bits per heavy atom. The Hall–Kier alpha value is 0.0969. The maximum Gasteiger partial charge on any atom is 0.104 e. The van der Waals surface area contributed by atoms with Crippen LogP contribution in [0.3, 0.4) is 0 Å². The molecule has 1 aliphatic heterocycles. The summed E-state index contributed by atoms with van der Waals surface area (Å²) < 4.78 is 15.8. The molecule has 1 rings (SSSR count). The van der Waals surface area contributed by atoms with Gasteiger partial charge in [0.25, 0.3) is 0 Å². The SMILES string of the molecule is CCC[SiH](CCCOCC1CO1)CCOC. The van der Waals surface area contributed by atoms with Crippen molar-refractivity contribution in [2.24, 2.45) is 0 Å². The first-order valence-electron chi connectivity index (χ1n) is 6.55. The van der Waals surface area contributed by atoms with E-state index in [1.165, 1.54) is 31.0 Å².